The van der Waals surface area contributed by atoms with Crippen molar-refractivity contribution in [1.82, 2.24) is 14.5 Å². The first-order valence-electron chi connectivity index (χ1n) is 11.3. The lowest BCUT2D eigenvalue weighted by Crippen LogP contribution is -2.33. The highest BCUT2D eigenvalue weighted by Crippen LogP contribution is 2.35. The lowest BCUT2D eigenvalue weighted by atomic mass is 10.1. The summed E-state index contributed by atoms with van der Waals surface area (Å²) >= 11 is 0. The van der Waals surface area contributed by atoms with E-state index in [9.17, 15) is 18.3 Å². The van der Waals surface area contributed by atoms with Gasteiger partial charge in [0, 0.05) is 31.1 Å². The Morgan fingerprint density at radius 3 is 2.64 bits per heavy atom. The highest BCUT2D eigenvalue weighted by molar-refractivity contribution is 7.90. The molecule has 36 heavy (non-hydrogen) atoms. The van der Waals surface area contributed by atoms with Gasteiger partial charge in [-0.1, -0.05) is 19.9 Å². The average Bonchev–Trinajstić information content (AvgIpc) is 2.84. The van der Waals surface area contributed by atoms with Gasteiger partial charge in [-0.3, -0.25) is 9.36 Å². The summed E-state index contributed by atoms with van der Waals surface area (Å²) in [4.78, 5) is 21.7. The Labute approximate surface area is 207 Å². The SMILES string of the molecule is CC(C)CCn1c(=O)c(C2=NS(=O)(=O)c3cc(Oc4ccccn4)ccc3N2)c(O)c2cccnc21. The molecule has 10 nitrogen and oxygen atoms in total. The van der Waals surface area contributed by atoms with Crippen molar-refractivity contribution in [3.8, 4) is 17.4 Å². The summed E-state index contributed by atoms with van der Waals surface area (Å²) in [6, 6.07) is 12.8. The highest BCUT2D eigenvalue weighted by atomic mass is 32.2. The van der Waals surface area contributed by atoms with Gasteiger partial charge in [0.15, 0.2) is 5.84 Å². The number of rotatable bonds is 6. The maximum Gasteiger partial charge on any atom is 0.286 e. The van der Waals surface area contributed by atoms with Gasteiger partial charge in [-0.15, -0.1) is 4.40 Å². The van der Waals surface area contributed by atoms with Crippen LogP contribution in [0, 0.1) is 5.92 Å². The van der Waals surface area contributed by atoms with Crippen LogP contribution >= 0.6 is 0 Å². The Morgan fingerprint density at radius 2 is 1.89 bits per heavy atom. The van der Waals surface area contributed by atoms with Crippen LogP contribution in [0.3, 0.4) is 0 Å². The summed E-state index contributed by atoms with van der Waals surface area (Å²) in [5, 5.41) is 14.2. The Kier molecular flexibility index (Phi) is 5.92. The largest absolute Gasteiger partial charge is 0.506 e. The Morgan fingerprint density at radius 1 is 1.08 bits per heavy atom. The zero-order chi connectivity index (χ0) is 25.4. The second kappa shape index (κ2) is 9.08. The molecule has 0 aliphatic carbocycles. The smallest absolute Gasteiger partial charge is 0.286 e. The number of aromatic nitrogens is 3. The minimum Gasteiger partial charge on any atom is -0.506 e. The first-order chi connectivity index (χ1) is 17.2. The molecule has 0 saturated heterocycles. The molecule has 0 saturated carbocycles. The monoisotopic (exact) mass is 505 g/mol. The van der Waals surface area contributed by atoms with E-state index in [2.05, 4.69) is 19.7 Å². The molecule has 0 bridgehead atoms. The topological polar surface area (TPSA) is 136 Å². The van der Waals surface area contributed by atoms with Gasteiger partial charge in [0.25, 0.3) is 15.6 Å². The van der Waals surface area contributed by atoms with Crippen LogP contribution in [0.5, 0.6) is 17.4 Å². The lowest BCUT2D eigenvalue weighted by Gasteiger charge is -2.21. The fraction of sp³-hybridized carbons (Fsp3) is 0.200. The maximum atomic E-state index is 13.5. The number of nitrogens with zero attached hydrogens (tertiary/aromatic N) is 4. The molecular formula is C25H23N5O5S. The van der Waals surface area contributed by atoms with E-state index in [-0.39, 0.29) is 33.5 Å². The van der Waals surface area contributed by atoms with Crippen LogP contribution in [-0.4, -0.2) is 33.9 Å². The zero-order valence-corrected chi connectivity index (χ0v) is 20.4. The number of sulfonamides is 1. The van der Waals surface area contributed by atoms with E-state index in [1.807, 2.05) is 13.8 Å². The van der Waals surface area contributed by atoms with Crippen LogP contribution in [0.4, 0.5) is 5.69 Å². The molecule has 0 radical (unpaired) electrons. The minimum absolute atomic E-state index is 0.123. The third kappa shape index (κ3) is 4.29. The quantitative estimate of drug-likeness (QED) is 0.403. The molecule has 0 spiro atoms. The normalized spacial score (nSPS) is 14.2. The fourth-order valence-electron chi connectivity index (χ4n) is 3.91. The molecule has 0 amide bonds. The van der Waals surface area contributed by atoms with Crippen LogP contribution in [0.15, 0.2) is 75.0 Å². The Hall–Kier alpha value is -4.25. The number of benzene rings is 1. The van der Waals surface area contributed by atoms with Crippen molar-refractivity contribution in [3.63, 3.8) is 0 Å². The molecule has 0 atom stereocenters. The van der Waals surface area contributed by atoms with Crippen LogP contribution in [-0.2, 0) is 16.6 Å². The number of ether oxygens (including phenoxy) is 1. The minimum atomic E-state index is -4.23. The number of hydrogen-bond acceptors (Lipinski definition) is 8. The average molecular weight is 506 g/mol. The molecule has 0 fully saturated rings. The summed E-state index contributed by atoms with van der Waals surface area (Å²) in [6.07, 6.45) is 3.78. The van der Waals surface area contributed by atoms with Crippen molar-refractivity contribution in [2.24, 2.45) is 10.3 Å². The van der Waals surface area contributed by atoms with Gasteiger partial charge in [-0.2, -0.15) is 8.42 Å². The Balaban J connectivity index is 1.60. The van der Waals surface area contributed by atoms with E-state index in [0.29, 0.717) is 35.8 Å². The molecule has 5 rings (SSSR count). The summed E-state index contributed by atoms with van der Waals surface area (Å²) in [5.74, 6) is 0.232. The van der Waals surface area contributed by atoms with Crippen molar-refractivity contribution in [2.75, 3.05) is 5.32 Å². The number of amidine groups is 1. The zero-order valence-electron chi connectivity index (χ0n) is 19.5. The van der Waals surface area contributed by atoms with Crippen LogP contribution < -0.4 is 15.6 Å². The van der Waals surface area contributed by atoms with Crippen molar-refractivity contribution in [3.05, 3.63) is 76.8 Å². The number of aryl methyl sites for hydroxylation is 1. The molecule has 4 heterocycles. The van der Waals surface area contributed by atoms with E-state index in [1.54, 1.807) is 42.6 Å². The molecule has 2 N–H and O–H groups in total. The summed E-state index contributed by atoms with van der Waals surface area (Å²) < 4.78 is 37.2. The number of anilines is 1. The van der Waals surface area contributed by atoms with E-state index in [1.165, 1.54) is 22.9 Å². The number of pyridine rings is 3. The van der Waals surface area contributed by atoms with Crippen LogP contribution in [0.1, 0.15) is 25.8 Å². The van der Waals surface area contributed by atoms with Gasteiger partial charge in [-0.05, 0) is 42.7 Å². The number of fused-ring (bicyclic) bond motifs is 2. The lowest BCUT2D eigenvalue weighted by molar-refractivity contribution is 0.461. The van der Waals surface area contributed by atoms with Crippen molar-refractivity contribution < 1.29 is 18.3 Å². The first kappa shape index (κ1) is 23.5. The highest BCUT2D eigenvalue weighted by Gasteiger charge is 2.30. The number of nitrogens with one attached hydrogen (secondary N) is 1. The molecule has 3 aromatic heterocycles. The van der Waals surface area contributed by atoms with Gasteiger partial charge in [0.1, 0.15) is 27.6 Å². The molecule has 0 unspecified atom stereocenters. The second-order valence-electron chi connectivity index (χ2n) is 8.71. The van der Waals surface area contributed by atoms with Gasteiger partial charge >= 0.3 is 0 Å². The molecule has 11 heteroatoms. The van der Waals surface area contributed by atoms with Gasteiger partial charge < -0.3 is 15.2 Å². The summed E-state index contributed by atoms with van der Waals surface area (Å²) in [6.45, 7) is 4.41. The molecular weight excluding hydrogens is 482 g/mol. The summed E-state index contributed by atoms with van der Waals surface area (Å²) in [5.41, 5.74) is -0.297. The second-order valence-corrected chi connectivity index (χ2v) is 10.3. The Bertz CT molecular complexity index is 1660. The van der Waals surface area contributed by atoms with Crippen molar-refractivity contribution in [1.29, 1.82) is 0 Å². The van der Waals surface area contributed by atoms with E-state index >= 15 is 0 Å². The van der Waals surface area contributed by atoms with Gasteiger partial charge in [0.05, 0.1) is 11.1 Å². The van der Waals surface area contributed by atoms with Crippen LogP contribution in [0.25, 0.3) is 11.0 Å². The molecule has 1 aromatic carbocycles. The number of hydrogen-bond donors (Lipinski definition) is 2. The predicted molar refractivity (Wildman–Crippen MR) is 135 cm³/mol. The van der Waals surface area contributed by atoms with Crippen LogP contribution in [0.2, 0.25) is 0 Å². The van der Waals surface area contributed by atoms with E-state index in [4.69, 9.17) is 4.74 Å². The van der Waals surface area contributed by atoms with Crippen molar-refractivity contribution in [2.45, 2.75) is 31.7 Å². The van der Waals surface area contributed by atoms with Crippen molar-refractivity contribution >= 4 is 32.6 Å². The van der Waals surface area contributed by atoms with Gasteiger partial charge in [0.2, 0.25) is 5.88 Å². The van der Waals surface area contributed by atoms with Gasteiger partial charge in [-0.25, -0.2) is 9.97 Å². The third-order valence-corrected chi connectivity index (χ3v) is 7.03. The first-order valence-corrected chi connectivity index (χ1v) is 12.7. The molecule has 4 aromatic rings. The molecule has 1 aliphatic rings. The molecule has 184 valence electrons. The summed E-state index contributed by atoms with van der Waals surface area (Å²) in [7, 11) is -4.23. The number of aromatic hydroxyl groups is 1. The fourth-order valence-corrected chi connectivity index (χ4v) is 5.05. The standard InChI is InChI=1S/C25H23N5O5S/c1-15(2)10-13-30-24-17(6-5-12-27-24)22(31)21(25(30)32)23-28-18-9-8-16(14-19(18)36(33,34)29-23)35-20-7-3-4-11-26-20/h3-9,11-12,14-15,31H,10,13H2,1-2H3,(H,28,29). The predicted octanol–water partition coefficient (Wildman–Crippen LogP) is 3.90. The maximum absolute atomic E-state index is 13.5. The molecule has 1 aliphatic heterocycles. The van der Waals surface area contributed by atoms with E-state index in [0.717, 1.165) is 0 Å². The third-order valence-electron chi connectivity index (χ3n) is 5.72. The van der Waals surface area contributed by atoms with E-state index < -0.39 is 15.6 Å².